The number of benzene rings is 1. The number of hydrogen-bond acceptors (Lipinski definition) is 2. The van der Waals surface area contributed by atoms with Crippen molar-refractivity contribution in [2.75, 3.05) is 11.9 Å². The largest absolute Gasteiger partial charge is 0.491 e. The molecule has 0 atom stereocenters. The van der Waals surface area contributed by atoms with Gasteiger partial charge in [-0.15, -0.1) is 0 Å². The number of rotatable bonds is 5. The Morgan fingerprint density at radius 3 is 3.00 bits per heavy atom. The average molecular weight is 197 g/mol. The summed E-state index contributed by atoms with van der Waals surface area (Å²) in [4.78, 5) is 10.2. The Balaban J connectivity index is 2.89. The van der Waals surface area contributed by atoms with Crippen LogP contribution >= 0.6 is 0 Å². The van der Waals surface area contributed by atoms with Crippen molar-refractivity contribution in [3.8, 4) is 5.75 Å². The molecule has 0 unspecified atom stereocenters. The molecule has 1 amide bonds. The smallest absolute Gasteiger partial charge is 0.211 e. The first-order valence-corrected chi connectivity index (χ1v) is 4.41. The molecule has 1 N–H and O–H groups in total. The summed E-state index contributed by atoms with van der Waals surface area (Å²) in [6, 6.07) is 4.42. The van der Waals surface area contributed by atoms with Gasteiger partial charge in [-0.1, -0.05) is 13.0 Å². The summed E-state index contributed by atoms with van der Waals surface area (Å²) in [6.07, 6.45) is 1.26. The Bertz CT molecular complexity index is 315. The van der Waals surface area contributed by atoms with Crippen molar-refractivity contribution in [3.05, 3.63) is 24.0 Å². The van der Waals surface area contributed by atoms with E-state index in [1.54, 1.807) is 6.07 Å². The van der Waals surface area contributed by atoms with Crippen LogP contribution < -0.4 is 10.1 Å². The Labute approximate surface area is 81.9 Å². The molecule has 0 aliphatic carbocycles. The molecular formula is C10H12FNO2. The van der Waals surface area contributed by atoms with E-state index in [1.807, 2.05) is 6.92 Å². The van der Waals surface area contributed by atoms with Gasteiger partial charge >= 0.3 is 0 Å². The maximum atomic E-state index is 13.2. The van der Waals surface area contributed by atoms with E-state index in [4.69, 9.17) is 4.74 Å². The van der Waals surface area contributed by atoms with Crippen molar-refractivity contribution >= 4 is 12.1 Å². The highest BCUT2D eigenvalue weighted by Crippen LogP contribution is 2.26. The average Bonchev–Trinajstić information content (AvgIpc) is 2.19. The van der Waals surface area contributed by atoms with E-state index in [1.165, 1.54) is 12.1 Å². The van der Waals surface area contributed by atoms with Crippen LogP contribution in [0.15, 0.2) is 18.2 Å². The fourth-order valence-corrected chi connectivity index (χ4v) is 1.04. The summed E-state index contributed by atoms with van der Waals surface area (Å²) >= 11 is 0. The second kappa shape index (κ2) is 5.21. The summed E-state index contributed by atoms with van der Waals surface area (Å²) in [6.45, 7) is 2.45. The lowest BCUT2D eigenvalue weighted by Gasteiger charge is -2.09. The molecule has 76 valence electrons. The summed E-state index contributed by atoms with van der Waals surface area (Å²) in [7, 11) is 0. The molecular weight excluding hydrogens is 185 g/mol. The van der Waals surface area contributed by atoms with Gasteiger partial charge in [0.15, 0.2) is 5.82 Å². The molecule has 0 heterocycles. The highest BCUT2D eigenvalue weighted by molar-refractivity contribution is 5.75. The van der Waals surface area contributed by atoms with Crippen LogP contribution in [0.2, 0.25) is 0 Å². The van der Waals surface area contributed by atoms with Crippen molar-refractivity contribution in [2.24, 2.45) is 0 Å². The highest BCUT2D eigenvalue weighted by atomic mass is 19.1. The first kappa shape index (κ1) is 10.5. The van der Waals surface area contributed by atoms with Crippen LogP contribution in [0, 0.1) is 5.82 Å². The van der Waals surface area contributed by atoms with Crippen LogP contribution in [0.5, 0.6) is 5.75 Å². The molecule has 14 heavy (non-hydrogen) atoms. The van der Waals surface area contributed by atoms with Crippen LogP contribution in [0.3, 0.4) is 0 Å². The monoisotopic (exact) mass is 197 g/mol. The fourth-order valence-electron chi connectivity index (χ4n) is 1.04. The van der Waals surface area contributed by atoms with Crippen molar-refractivity contribution in [2.45, 2.75) is 13.3 Å². The third-order valence-electron chi connectivity index (χ3n) is 1.64. The van der Waals surface area contributed by atoms with E-state index in [0.29, 0.717) is 18.8 Å². The third-order valence-corrected chi connectivity index (χ3v) is 1.64. The normalized spacial score (nSPS) is 9.57. The first-order valence-electron chi connectivity index (χ1n) is 4.41. The molecule has 0 aliphatic rings. The Hall–Kier alpha value is -1.58. The minimum atomic E-state index is -0.495. The molecule has 1 aromatic carbocycles. The lowest BCUT2D eigenvalue weighted by Crippen LogP contribution is -2.03. The molecule has 3 nitrogen and oxygen atoms in total. The minimum Gasteiger partial charge on any atom is -0.491 e. The summed E-state index contributed by atoms with van der Waals surface area (Å²) in [5, 5.41) is 2.27. The molecule has 0 bridgehead atoms. The first-order chi connectivity index (χ1) is 6.79. The Kier molecular flexibility index (Phi) is 3.91. The molecule has 0 aromatic heterocycles. The van der Waals surface area contributed by atoms with Gasteiger partial charge in [-0.2, -0.15) is 0 Å². The van der Waals surface area contributed by atoms with Gasteiger partial charge in [0.05, 0.1) is 6.61 Å². The van der Waals surface area contributed by atoms with E-state index in [9.17, 15) is 9.18 Å². The fraction of sp³-hybridized carbons (Fsp3) is 0.300. The Morgan fingerprint density at radius 1 is 1.57 bits per heavy atom. The molecule has 0 spiro atoms. The molecule has 0 saturated heterocycles. The number of nitrogens with one attached hydrogen (secondary N) is 1. The number of carbonyl (C=O) groups is 1. The van der Waals surface area contributed by atoms with Gasteiger partial charge in [-0.3, -0.25) is 4.79 Å². The summed E-state index contributed by atoms with van der Waals surface area (Å²) in [5.74, 6) is -0.135. The van der Waals surface area contributed by atoms with E-state index in [-0.39, 0.29) is 5.69 Å². The van der Waals surface area contributed by atoms with Gasteiger partial charge < -0.3 is 10.1 Å². The van der Waals surface area contributed by atoms with Crippen molar-refractivity contribution < 1.29 is 13.9 Å². The number of hydrogen-bond donors (Lipinski definition) is 1. The SMILES string of the molecule is CCCOc1cccc(F)c1NC=O. The van der Waals surface area contributed by atoms with Crippen LogP contribution in [0.25, 0.3) is 0 Å². The Morgan fingerprint density at radius 2 is 2.36 bits per heavy atom. The van der Waals surface area contributed by atoms with Crippen molar-refractivity contribution in [1.29, 1.82) is 0 Å². The lowest BCUT2D eigenvalue weighted by molar-refractivity contribution is -0.105. The second-order valence-corrected chi connectivity index (χ2v) is 2.72. The maximum Gasteiger partial charge on any atom is 0.211 e. The number of para-hydroxylation sites is 1. The molecule has 0 aliphatic heterocycles. The number of anilines is 1. The van der Waals surface area contributed by atoms with E-state index >= 15 is 0 Å². The molecule has 4 heteroatoms. The maximum absolute atomic E-state index is 13.2. The number of amides is 1. The van der Waals surface area contributed by atoms with E-state index in [2.05, 4.69) is 5.32 Å². The molecule has 0 radical (unpaired) electrons. The number of carbonyl (C=O) groups excluding carboxylic acids is 1. The van der Waals surface area contributed by atoms with E-state index in [0.717, 1.165) is 6.42 Å². The lowest BCUT2D eigenvalue weighted by atomic mass is 10.3. The standard InChI is InChI=1S/C10H12FNO2/c1-2-6-14-9-5-3-4-8(11)10(9)12-7-13/h3-5,7H,2,6H2,1H3,(H,12,13). The second-order valence-electron chi connectivity index (χ2n) is 2.72. The zero-order valence-electron chi connectivity index (χ0n) is 7.92. The zero-order chi connectivity index (χ0) is 10.4. The molecule has 1 rings (SSSR count). The summed E-state index contributed by atoms with van der Waals surface area (Å²) < 4.78 is 18.4. The van der Waals surface area contributed by atoms with Crippen molar-refractivity contribution in [1.82, 2.24) is 0 Å². The predicted octanol–water partition coefficient (Wildman–Crippen LogP) is 2.18. The van der Waals surface area contributed by atoms with Gasteiger partial charge in [0.1, 0.15) is 11.4 Å². The number of ether oxygens (including phenoxy) is 1. The van der Waals surface area contributed by atoms with Gasteiger partial charge in [0.2, 0.25) is 6.41 Å². The van der Waals surface area contributed by atoms with Crippen LogP contribution in [-0.2, 0) is 4.79 Å². The molecule has 0 saturated carbocycles. The topological polar surface area (TPSA) is 38.3 Å². The van der Waals surface area contributed by atoms with Crippen molar-refractivity contribution in [3.63, 3.8) is 0 Å². The minimum absolute atomic E-state index is 0.0935. The van der Waals surface area contributed by atoms with Crippen LogP contribution in [0.4, 0.5) is 10.1 Å². The van der Waals surface area contributed by atoms with Gasteiger partial charge in [-0.05, 0) is 18.6 Å². The quantitative estimate of drug-likeness (QED) is 0.735. The van der Waals surface area contributed by atoms with Gasteiger partial charge in [-0.25, -0.2) is 4.39 Å². The predicted molar refractivity (Wildman–Crippen MR) is 51.9 cm³/mol. The third kappa shape index (κ3) is 2.45. The van der Waals surface area contributed by atoms with Gasteiger partial charge in [0, 0.05) is 0 Å². The zero-order valence-corrected chi connectivity index (χ0v) is 7.92. The number of halogens is 1. The molecule has 1 aromatic rings. The highest BCUT2D eigenvalue weighted by Gasteiger charge is 2.07. The van der Waals surface area contributed by atoms with Crippen LogP contribution in [-0.4, -0.2) is 13.0 Å². The van der Waals surface area contributed by atoms with Gasteiger partial charge in [0.25, 0.3) is 0 Å². The molecule has 0 fully saturated rings. The van der Waals surface area contributed by atoms with E-state index < -0.39 is 5.82 Å². The van der Waals surface area contributed by atoms with Crippen LogP contribution in [0.1, 0.15) is 13.3 Å². The summed E-state index contributed by atoms with van der Waals surface area (Å²) in [5.41, 5.74) is 0.0935.